The van der Waals surface area contributed by atoms with E-state index in [1.807, 2.05) is 6.07 Å². The molecule has 1 aromatic rings. The summed E-state index contributed by atoms with van der Waals surface area (Å²) < 4.78 is 0. The summed E-state index contributed by atoms with van der Waals surface area (Å²) in [7, 11) is 0. The van der Waals surface area contributed by atoms with Crippen molar-refractivity contribution >= 4 is 11.6 Å². The number of amides is 1. The molecule has 1 aliphatic rings. The smallest absolute Gasteiger partial charge is 0.233 e. The van der Waals surface area contributed by atoms with Crippen molar-refractivity contribution in [2.24, 2.45) is 5.73 Å². The van der Waals surface area contributed by atoms with E-state index in [1.165, 1.54) is 5.69 Å². The van der Waals surface area contributed by atoms with E-state index < -0.39 is 0 Å². The zero-order valence-electron chi connectivity index (χ0n) is 9.93. The molecule has 1 aromatic carbocycles. The van der Waals surface area contributed by atoms with Gasteiger partial charge in [-0.1, -0.05) is 18.2 Å². The highest BCUT2D eigenvalue weighted by atomic mass is 16.1. The van der Waals surface area contributed by atoms with Crippen molar-refractivity contribution in [3.8, 4) is 0 Å². The van der Waals surface area contributed by atoms with Crippen molar-refractivity contribution in [1.82, 2.24) is 5.32 Å². The highest BCUT2D eigenvalue weighted by Crippen LogP contribution is 2.19. The third kappa shape index (κ3) is 3.20. The number of benzene rings is 1. The van der Waals surface area contributed by atoms with Crippen LogP contribution >= 0.6 is 0 Å². The average molecular weight is 233 g/mol. The summed E-state index contributed by atoms with van der Waals surface area (Å²) in [4.78, 5) is 13.5. The van der Waals surface area contributed by atoms with E-state index >= 15 is 0 Å². The number of carbonyl (C=O) groups excluding carboxylic acids is 1. The predicted molar refractivity (Wildman–Crippen MR) is 68.9 cm³/mol. The summed E-state index contributed by atoms with van der Waals surface area (Å²) in [6.07, 6.45) is 1.97. The number of nitrogens with zero attached hydrogens (tertiary/aromatic N) is 1. The number of piperidine rings is 1. The highest BCUT2D eigenvalue weighted by molar-refractivity contribution is 5.78. The first-order valence-corrected chi connectivity index (χ1v) is 6.09. The van der Waals surface area contributed by atoms with Crippen molar-refractivity contribution in [1.29, 1.82) is 0 Å². The molecule has 0 unspecified atom stereocenters. The quantitative estimate of drug-likeness (QED) is 0.809. The molecule has 1 aliphatic heterocycles. The van der Waals surface area contributed by atoms with Gasteiger partial charge in [-0.2, -0.15) is 0 Å². The Kier molecular flexibility index (Phi) is 3.98. The largest absolute Gasteiger partial charge is 0.371 e. The van der Waals surface area contributed by atoms with Gasteiger partial charge >= 0.3 is 0 Å². The molecule has 0 aliphatic carbocycles. The van der Waals surface area contributed by atoms with Crippen LogP contribution in [0, 0.1) is 0 Å². The first kappa shape index (κ1) is 11.9. The van der Waals surface area contributed by atoms with Crippen LogP contribution in [0.3, 0.4) is 0 Å². The van der Waals surface area contributed by atoms with Crippen molar-refractivity contribution in [2.45, 2.75) is 18.9 Å². The summed E-state index contributed by atoms with van der Waals surface area (Å²) in [5.41, 5.74) is 6.55. The fourth-order valence-electron chi connectivity index (χ4n) is 2.21. The molecule has 1 fully saturated rings. The molecule has 0 aromatic heterocycles. The Hall–Kier alpha value is -1.55. The summed E-state index contributed by atoms with van der Waals surface area (Å²) in [6, 6.07) is 10.7. The number of anilines is 1. The third-order valence-corrected chi connectivity index (χ3v) is 3.17. The molecule has 0 saturated carbocycles. The minimum absolute atomic E-state index is 0.0526. The molecule has 1 saturated heterocycles. The van der Waals surface area contributed by atoms with Gasteiger partial charge in [0.25, 0.3) is 0 Å². The first-order valence-electron chi connectivity index (χ1n) is 6.09. The monoisotopic (exact) mass is 233 g/mol. The van der Waals surface area contributed by atoms with Crippen LogP contribution in [0.2, 0.25) is 0 Å². The van der Waals surface area contributed by atoms with E-state index in [4.69, 9.17) is 5.73 Å². The number of hydrogen-bond donors (Lipinski definition) is 2. The van der Waals surface area contributed by atoms with Crippen LogP contribution in [0.1, 0.15) is 12.8 Å². The van der Waals surface area contributed by atoms with E-state index in [1.54, 1.807) is 0 Å². The fraction of sp³-hybridized carbons (Fsp3) is 0.462. The number of hydrogen-bond acceptors (Lipinski definition) is 3. The van der Waals surface area contributed by atoms with Crippen LogP contribution in [-0.4, -0.2) is 31.6 Å². The number of rotatable bonds is 3. The molecule has 0 bridgehead atoms. The minimum atomic E-state index is -0.0526. The number of para-hydroxylation sites is 1. The topological polar surface area (TPSA) is 58.4 Å². The van der Waals surface area contributed by atoms with Crippen LogP contribution in [0.15, 0.2) is 30.3 Å². The van der Waals surface area contributed by atoms with Crippen LogP contribution in [0.4, 0.5) is 5.69 Å². The van der Waals surface area contributed by atoms with Gasteiger partial charge in [-0.3, -0.25) is 4.79 Å². The first-order chi connectivity index (χ1) is 8.29. The lowest BCUT2D eigenvalue weighted by molar-refractivity contribution is -0.120. The molecule has 1 heterocycles. The lowest BCUT2D eigenvalue weighted by Gasteiger charge is -2.33. The average Bonchev–Trinajstić information content (AvgIpc) is 2.40. The Morgan fingerprint density at radius 1 is 1.29 bits per heavy atom. The third-order valence-electron chi connectivity index (χ3n) is 3.17. The van der Waals surface area contributed by atoms with Gasteiger partial charge in [-0.05, 0) is 25.0 Å². The normalized spacial score (nSPS) is 16.9. The number of nitrogens with one attached hydrogen (secondary N) is 1. The summed E-state index contributed by atoms with van der Waals surface area (Å²) in [5.74, 6) is -0.0526. The molecule has 0 radical (unpaired) electrons. The van der Waals surface area contributed by atoms with Crippen molar-refractivity contribution in [2.75, 3.05) is 24.5 Å². The summed E-state index contributed by atoms with van der Waals surface area (Å²) >= 11 is 0. The summed E-state index contributed by atoms with van der Waals surface area (Å²) in [5, 5.41) is 2.95. The van der Waals surface area contributed by atoms with E-state index in [-0.39, 0.29) is 18.5 Å². The van der Waals surface area contributed by atoms with Gasteiger partial charge in [0.15, 0.2) is 0 Å². The Morgan fingerprint density at radius 3 is 2.53 bits per heavy atom. The number of nitrogens with two attached hydrogens (primary N) is 1. The second-order valence-electron chi connectivity index (χ2n) is 4.37. The van der Waals surface area contributed by atoms with Gasteiger partial charge in [0.05, 0.1) is 6.54 Å². The second-order valence-corrected chi connectivity index (χ2v) is 4.37. The zero-order chi connectivity index (χ0) is 12.1. The molecule has 0 atom stereocenters. The molecule has 4 heteroatoms. The van der Waals surface area contributed by atoms with Gasteiger partial charge in [-0.25, -0.2) is 0 Å². The Bertz CT molecular complexity index is 358. The van der Waals surface area contributed by atoms with E-state index in [9.17, 15) is 4.79 Å². The van der Waals surface area contributed by atoms with Crippen LogP contribution in [0.25, 0.3) is 0 Å². The van der Waals surface area contributed by atoms with E-state index in [0.29, 0.717) is 0 Å². The van der Waals surface area contributed by atoms with Gasteiger partial charge in [0.2, 0.25) is 5.91 Å². The van der Waals surface area contributed by atoms with Crippen LogP contribution in [-0.2, 0) is 4.79 Å². The lowest BCUT2D eigenvalue weighted by atomic mass is 10.0. The van der Waals surface area contributed by atoms with Crippen molar-refractivity contribution in [3.05, 3.63) is 30.3 Å². The molecule has 0 spiro atoms. The van der Waals surface area contributed by atoms with Crippen LogP contribution < -0.4 is 16.0 Å². The molecule has 1 amide bonds. The lowest BCUT2D eigenvalue weighted by Crippen LogP contribution is -2.46. The fourth-order valence-corrected chi connectivity index (χ4v) is 2.21. The minimum Gasteiger partial charge on any atom is -0.371 e. The van der Waals surface area contributed by atoms with Crippen molar-refractivity contribution in [3.63, 3.8) is 0 Å². The molecular formula is C13H19N3O. The molecule has 4 nitrogen and oxygen atoms in total. The maximum Gasteiger partial charge on any atom is 0.233 e. The molecular weight excluding hydrogens is 214 g/mol. The highest BCUT2D eigenvalue weighted by Gasteiger charge is 2.20. The van der Waals surface area contributed by atoms with Gasteiger partial charge in [-0.15, -0.1) is 0 Å². The molecule has 2 rings (SSSR count). The van der Waals surface area contributed by atoms with Gasteiger partial charge in [0.1, 0.15) is 0 Å². The van der Waals surface area contributed by atoms with E-state index in [2.05, 4.69) is 34.5 Å². The maximum absolute atomic E-state index is 11.2. The van der Waals surface area contributed by atoms with Gasteiger partial charge < -0.3 is 16.0 Å². The van der Waals surface area contributed by atoms with Gasteiger partial charge in [0, 0.05) is 24.8 Å². The SMILES string of the molecule is NCC(=O)NC1CCN(c2ccccc2)CC1. The summed E-state index contributed by atoms with van der Waals surface area (Å²) in [6.45, 7) is 2.05. The maximum atomic E-state index is 11.2. The second kappa shape index (κ2) is 5.68. The molecule has 92 valence electrons. The zero-order valence-corrected chi connectivity index (χ0v) is 9.93. The van der Waals surface area contributed by atoms with E-state index in [0.717, 1.165) is 25.9 Å². The standard InChI is InChI=1S/C13H19N3O/c14-10-13(17)15-11-6-8-16(9-7-11)12-4-2-1-3-5-12/h1-5,11H,6-10,14H2,(H,15,17). The molecule has 17 heavy (non-hydrogen) atoms. The number of carbonyl (C=O) groups is 1. The Morgan fingerprint density at radius 2 is 1.94 bits per heavy atom. The molecule has 3 N–H and O–H groups in total. The van der Waals surface area contributed by atoms with Crippen molar-refractivity contribution < 1.29 is 4.79 Å². The van der Waals surface area contributed by atoms with Crippen LogP contribution in [0.5, 0.6) is 0 Å². The Balaban J connectivity index is 1.84. The Labute approximate surface area is 102 Å². The predicted octanol–water partition coefficient (Wildman–Crippen LogP) is 0.730.